The van der Waals surface area contributed by atoms with E-state index in [1.165, 1.54) is 11.8 Å². The summed E-state index contributed by atoms with van der Waals surface area (Å²) < 4.78 is 0. The summed E-state index contributed by atoms with van der Waals surface area (Å²) in [5.74, 6) is 1.25. The van der Waals surface area contributed by atoms with Crippen LogP contribution in [0.25, 0.3) is 0 Å². The van der Waals surface area contributed by atoms with Crippen LogP contribution in [-0.4, -0.2) is 71.9 Å². The van der Waals surface area contributed by atoms with E-state index >= 15 is 0 Å². The molecule has 0 aliphatic carbocycles. The van der Waals surface area contributed by atoms with E-state index in [-0.39, 0.29) is 17.9 Å². The van der Waals surface area contributed by atoms with Gasteiger partial charge < -0.3 is 15.1 Å². The van der Waals surface area contributed by atoms with Gasteiger partial charge in [-0.1, -0.05) is 6.92 Å². The Kier molecular flexibility index (Phi) is 4.28. The fraction of sp³-hybridized carbons (Fsp3) is 0.818. The van der Waals surface area contributed by atoms with Crippen LogP contribution in [-0.2, 0) is 9.59 Å². The maximum Gasteiger partial charge on any atom is 0.246 e. The molecular formula is C11H19N3O2S. The van der Waals surface area contributed by atoms with E-state index in [0.717, 1.165) is 32.7 Å². The first kappa shape index (κ1) is 12.7. The van der Waals surface area contributed by atoms with Crippen molar-refractivity contribution in [1.29, 1.82) is 0 Å². The van der Waals surface area contributed by atoms with E-state index in [9.17, 15) is 9.59 Å². The van der Waals surface area contributed by atoms with Gasteiger partial charge in [0.2, 0.25) is 11.8 Å². The second-order valence-electron chi connectivity index (χ2n) is 4.39. The zero-order valence-corrected chi connectivity index (χ0v) is 11.0. The van der Waals surface area contributed by atoms with E-state index < -0.39 is 0 Å². The minimum absolute atomic E-state index is 0.0215. The minimum Gasteiger partial charge on any atom is -0.343 e. The number of amides is 2. The molecule has 5 nitrogen and oxygen atoms in total. The Hall–Kier alpha value is -0.750. The number of piperazine rings is 1. The van der Waals surface area contributed by atoms with Crippen LogP contribution in [0.15, 0.2) is 0 Å². The number of carbonyl (C=O) groups excluding carboxylic acids is 2. The summed E-state index contributed by atoms with van der Waals surface area (Å²) in [6, 6.07) is -0.311. The Morgan fingerprint density at radius 1 is 1.41 bits per heavy atom. The van der Waals surface area contributed by atoms with Crippen LogP contribution in [0.1, 0.15) is 6.92 Å². The van der Waals surface area contributed by atoms with Crippen molar-refractivity contribution < 1.29 is 9.59 Å². The SMILES string of the molecule is CCN1CCN(C(=O)C2CSCC(=O)N2)CC1. The van der Waals surface area contributed by atoms with Gasteiger partial charge in [-0.25, -0.2) is 0 Å². The Balaban J connectivity index is 1.85. The molecule has 2 amide bonds. The fourth-order valence-electron chi connectivity index (χ4n) is 2.19. The number of likely N-dealkylation sites (N-methyl/N-ethyl adjacent to an activating group) is 1. The second kappa shape index (κ2) is 5.73. The molecule has 6 heteroatoms. The smallest absolute Gasteiger partial charge is 0.246 e. The first-order valence-corrected chi connectivity index (χ1v) is 7.24. The van der Waals surface area contributed by atoms with Crippen LogP contribution in [0.2, 0.25) is 0 Å². The molecule has 96 valence electrons. The molecule has 0 spiro atoms. The van der Waals surface area contributed by atoms with Crippen molar-refractivity contribution in [2.75, 3.05) is 44.2 Å². The van der Waals surface area contributed by atoms with Crippen LogP contribution in [0.5, 0.6) is 0 Å². The van der Waals surface area contributed by atoms with Gasteiger partial charge in [0.25, 0.3) is 0 Å². The van der Waals surface area contributed by atoms with Gasteiger partial charge in [0.1, 0.15) is 6.04 Å². The van der Waals surface area contributed by atoms with Crippen molar-refractivity contribution in [3.8, 4) is 0 Å². The second-order valence-corrected chi connectivity index (χ2v) is 5.43. The average molecular weight is 257 g/mol. The highest BCUT2D eigenvalue weighted by Crippen LogP contribution is 2.12. The number of hydrogen-bond acceptors (Lipinski definition) is 4. The van der Waals surface area contributed by atoms with Gasteiger partial charge in [-0.15, -0.1) is 11.8 Å². The summed E-state index contributed by atoms with van der Waals surface area (Å²) in [4.78, 5) is 27.6. The standard InChI is InChI=1S/C11H19N3O2S/c1-2-13-3-5-14(6-4-13)11(16)9-7-17-8-10(15)12-9/h9H,2-8H2,1H3,(H,12,15). The van der Waals surface area contributed by atoms with E-state index in [1.54, 1.807) is 0 Å². The van der Waals surface area contributed by atoms with E-state index in [2.05, 4.69) is 17.1 Å². The van der Waals surface area contributed by atoms with Crippen molar-refractivity contribution >= 4 is 23.6 Å². The molecule has 0 bridgehead atoms. The lowest BCUT2D eigenvalue weighted by molar-refractivity contribution is -0.137. The third-order valence-electron chi connectivity index (χ3n) is 3.28. The van der Waals surface area contributed by atoms with Crippen LogP contribution < -0.4 is 5.32 Å². The number of rotatable bonds is 2. The van der Waals surface area contributed by atoms with E-state index in [0.29, 0.717) is 11.5 Å². The van der Waals surface area contributed by atoms with Crippen molar-refractivity contribution in [2.45, 2.75) is 13.0 Å². The van der Waals surface area contributed by atoms with Crippen molar-refractivity contribution in [2.24, 2.45) is 0 Å². The lowest BCUT2D eigenvalue weighted by Crippen LogP contribution is -2.57. The van der Waals surface area contributed by atoms with E-state index in [1.807, 2.05) is 4.90 Å². The van der Waals surface area contributed by atoms with Gasteiger partial charge in [0.05, 0.1) is 5.75 Å². The highest BCUT2D eigenvalue weighted by atomic mass is 32.2. The van der Waals surface area contributed by atoms with Crippen LogP contribution in [0.4, 0.5) is 0 Å². The predicted molar refractivity (Wildman–Crippen MR) is 67.9 cm³/mol. The summed E-state index contributed by atoms with van der Waals surface area (Å²) in [6.07, 6.45) is 0. The molecule has 0 aromatic carbocycles. The maximum absolute atomic E-state index is 12.2. The molecule has 0 aromatic rings. The molecule has 17 heavy (non-hydrogen) atoms. The molecule has 2 heterocycles. The molecule has 0 saturated carbocycles. The number of nitrogens with one attached hydrogen (secondary N) is 1. The molecule has 0 radical (unpaired) electrons. The molecule has 1 N–H and O–H groups in total. The van der Waals surface area contributed by atoms with Gasteiger partial charge in [-0.3, -0.25) is 9.59 Å². The third kappa shape index (κ3) is 3.13. The molecule has 1 atom stereocenters. The van der Waals surface area contributed by atoms with Gasteiger partial charge >= 0.3 is 0 Å². The topological polar surface area (TPSA) is 52.7 Å². The summed E-state index contributed by atoms with van der Waals surface area (Å²) in [6.45, 7) is 6.62. The number of carbonyl (C=O) groups is 2. The number of thioether (sulfide) groups is 1. The molecule has 0 aromatic heterocycles. The lowest BCUT2D eigenvalue weighted by Gasteiger charge is -2.36. The largest absolute Gasteiger partial charge is 0.343 e. The monoisotopic (exact) mass is 257 g/mol. The minimum atomic E-state index is -0.311. The first-order chi connectivity index (χ1) is 8.20. The van der Waals surface area contributed by atoms with E-state index in [4.69, 9.17) is 0 Å². The van der Waals surface area contributed by atoms with Gasteiger partial charge in [0.15, 0.2) is 0 Å². The quantitative estimate of drug-likeness (QED) is 0.716. The Bertz CT molecular complexity index is 303. The maximum atomic E-state index is 12.2. The molecule has 2 fully saturated rings. The molecule has 2 aliphatic heterocycles. The van der Waals surface area contributed by atoms with Gasteiger partial charge in [0, 0.05) is 31.9 Å². The summed E-state index contributed by atoms with van der Waals surface area (Å²) >= 11 is 1.54. The molecule has 1 unspecified atom stereocenters. The Morgan fingerprint density at radius 3 is 2.71 bits per heavy atom. The summed E-state index contributed by atoms with van der Waals surface area (Å²) in [5.41, 5.74) is 0. The third-order valence-corrected chi connectivity index (χ3v) is 4.32. The van der Waals surface area contributed by atoms with Crippen LogP contribution in [0.3, 0.4) is 0 Å². The van der Waals surface area contributed by atoms with Crippen LogP contribution in [0, 0.1) is 0 Å². The summed E-state index contributed by atoms with van der Waals surface area (Å²) in [7, 11) is 0. The first-order valence-electron chi connectivity index (χ1n) is 6.09. The number of hydrogen-bond donors (Lipinski definition) is 1. The molecule has 2 saturated heterocycles. The highest BCUT2D eigenvalue weighted by molar-refractivity contribution is 8.00. The predicted octanol–water partition coefficient (Wildman–Crippen LogP) is -0.618. The average Bonchev–Trinajstić information content (AvgIpc) is 2.38. The normalized spacial score (nSPS) is 26.8. The highest BCUT2D eigenvalue weighted by Gasteiger charge is 2.30. The van der Waals surface area contributed by atoms with Gasteiger partial charge in [-0.2, -0.15) is 0 Å². The Morgan fingerprint density at radius 2 is 2.12 bits per heavy atom. The molecule has 2 aliphatic rings. The van der Waals surface area contributed by atoms with Crippen molar-refractivity contribution in [1.82, 2.24) is 15.1 Å². The fourth-order valence-corrected chi connectivity index (χ4v) is 3.03. The zero-order valence-electron chi connectivity index (χ0n) is 10.1. The molecular weight excluding hydrogens is 238 g/mol. The Labute approximate surface area is 106 Å². The van der Waals surface area contributed by atoms with Gasteiger partial charge in [-0.05, 0) is 6.54 Å². The van der Waals surface area contributed by atoms with Crippen LogP contribution >= 0.6 is 11.8 Å². The zero-order chi connectivity index (χ0) is 12.3. The van der Waals surface area contributed by atoms with Crippen molar-refractivity contribution in [3.63, 3.8) is 0 Å². The summed E-state index contributed by atoms with van der Waals surface area (Å²) in [5, 5.41) is 2.77. The number of nitrogens with zero attached hydrogens (tertiary/aromatic N) is 2. The molecule has 2 rings (SSSR count). The van der Waals surface area contributed by atoms with Crippen molar-refractivity contribution in [3.05, 3.63) is 0 Å². The lowest BCUT2D eigenvalue weighted by atomic mass is 10.2.